The monoisotopic (exact) mass is 342 g/mol. The third-order valence-electron chi connectivity index (χ3n) is 3.04. The van der Waals surface area contributed by atoms with Crippen LogP contribution in [0.5, 0.6) is 0 Å². The molecule has 2 N–H and O–H groups in total. The summed E-state index contributed by atoms with van der Waals surface area (Å²) in [5, 5.41) is 2.49. The zero-order valence-electron chi connectivity index (χ0n) is 12.6. The maximum atomic E-state index is 13.3. The summed E-state index contributed by atoms with van der Waals surface area (Å²) < 4.78 is 79.7. The van der Waals surface area contributed by atoms with Crippen LogP contribution in [0.25, 0.3) is 0 Å². The summed E-state index contributed by atoms with van der Waals surface area (Å²) in [6.45, 7) is 3.90. The summed E-state index contributed by atoms with van der Waals surface area (Å²) in [6, 6.07) is 4.99. The number of anilines is 1. The molecule has 0 radical (unpaired) electrons. The Morgan fingerprint density at radius 2 is 1.57 bits per heavy atom. The first-order valence-electron chi connectivity index (χ1n) is 6.60. The second-order valence-electron chi connectivity index (χ2n) is 5.38. The Bertz CT molecular complexity index is 551. The van der Waals surface area contributed by atoms with E-state index in [-0.39, 0.29) is 0 Å². The number of rotatable bonds is 4. The van der Waals surface area contributed by atoms with Gasteiger partial charge in [0.1, 0.15) is 0 Å². The molecule has 3 nitrogen and oxygen atoms in total. The molecule has 130 valence electrons. The van der Waals surface area contributed by atoms with Crippen molar-refractivity contribution < 1.29 is 31.1 Å². The van der Waals surface area contributed by atoms with Crippen LogP contribution in [0.2, 0.25) is 0 Å². The van der Waals surface area contributed by atoms with Crippen LogP contribution in [-0.4, -0.2) is 23.9 Å². The number of nitrogens with one attached hydrogen (secondary N) is 2. The molecule has 9 heteroatoms. The van der Waals surface area contributed by atoms with Gasteiger partial charge >= 0.3 is 18.0 Å². The van der Waals surface area contributed by atoms with Crippen molar-refractivity contribution >= 4 is 11.6 Å². The van der Waals surface area contributed by atoms with Gasteiger partial charge in [-0.05, 0) is 24.6 Å². The van der Waals surface area contributed by atoms with Crippen LogP contribution in [0.3, 0.4) is 0 Å². The summed E-state index contributed by atoms with van der Waals surface area (Å²) in [7, 11) is 0. The fourth-order valence-corrected chi connectivity index (χ4v) is 1.74. The van der Waals surface area contributed by atoms with Crippen molar-refractivity contribution in [1.82, 2.24) is 5.32 Å². The van der Waals surface area contributed by atoms with Crippen LogP contribution in [-0.2, 0) is 4.79 Å². The molecule has 0 bridgehead atoms. The number of benzene rings is 1. The van der Waals surface area contributed by atoms with Gasteiger partial charge in [0.2, 0.25) is 5.91 Å². The van der Waals surface area contributed by atoms with Crippen LogP contribution >= 0.6 is 0 Å². The van der Waals surface area contributed by atoms with E-state index in [4.69, 9.17) is 0 Å². The van der Waals surface area contributed by atoms with E-state index in [2.05, 4.69) is 0 Å². The second kappa shape index (κ2) is 6.29. The van der Waals surface area contributed by atoms with Crippen molar-refractivity contribution in [3.05, 3.63) is 29.8 Å². The number of carbonyl (C=O) groups is 1. The lowest BCUT2D eigenvalue weighted by Gasteiger charge is -2.39. The highest BCUT2D eigenvalue weighted by Gasteiger charge is 2.72. The third-order valence-corrected chi connectivity index (χ3v) is 3.04. The van der Waals surface area contributed by atoms with Crippen molar-refractivity contribution in [3.63, 3.8) is 0 Å². The van der Waals surface area contributed by atoms with E-state index in [1.165, 1.54) is 38.2 Å². The number of amides is 1. The summed E-state index contributed by atoms with van der Waals surface area (Å²) in [6.07, 6.45) is -11.6. The molecule has 1 aromatic rings. The molecule has 23 heavy (non-hydrogen) atoms. The molecule has 0 aliphatic carbocycles. The van der Waals surface area contributed by atoms with E-state index < -0.39 is 35.5 Å². The Balaban J connectivity index is 3.41. The summed E-state index contributed by atoms with van der Waals surface area (Å²) in [5.74, 6) is -2.43. The maximum Gasteiger partial charge on any atom is 0.439 e. The van der Waals surface area contributed by atoms with Crippen molar-refractivity contribution in [2.45, 2.75) is 38.8 Å². The van der Waals surface area contributed by atoms with Crippen LogP contribution in [0.15, 0.2) is 24.3 Å². The maximum absolute atomic E-state index is 13.3. The Hall–Kier alpha value is -1.93. The Morgan fingerprint density at radius 3 is 1.96 bits per heavy atom. The van der Waals surface area contributed by atoms with Gasteiger partial charge in [-0.1, -0.05) is 26.0 Å². The molecular formula is C14H16F6N2O. The van der Waals surface area contributed by atoms with Crippen molar-refractivity contribution in [1.29, 1.82) is 0 Å². The van der Waals surface area contributed by atoms with Crippen molar-refractivity contribution in [2.24, 2.45) is 5.92 Å². The molecule has 1 amide bonds. The molecule has 0 aliphatic rings. The minimum Gasteiger partial charge on any atom is -0.348 e. The first kappa shape index (κ1) is 19.1. The fraction of sp³-hybridized carbons (Fsp3) is 0.500. The molecule has 1 rings (SSSR count). The number of hydrogen-bond acceptors (Lipinski definition) is 2. The second-order valence-corrected chi connectivity index (χ2v) is 5.38. The highest BCUT2D eigenvalue weighted by molar-refractivity contribution is 5.79. The Morgan fingerprint density at radius 1 is 1.04 bits per heavy atom. The highest BCUT2D eigenvalue weighted by Crippen LogP contribution is 2.43. The van der Waals surface area contributed by atoms with Crippen LogP contribution in [0, 0.1) is 12.8 Å². The van der Waals surface area contributed by atoms with Gasteiger partial charge in [0, 0.05) is 11.6 Å². The minimum atomic E-state index is -5.81. The molecule has 0 saturated carbocycles. The zero-order valence-corrected chi connectivity index (χ0v) is 12.6. The lowest BCUT2D eigenvalue weighted by Crippen LogP contribution is -2.72. The molecular weight excluding hydrogens is 326 g/mol. The van der Waals surface area contributed by atoms with E-state index in [0.717, 1.165) is 17.4 Å². The smallest absolute Gasteiger partial charge is 0.348 e. The van der Waals surface area contributed by atoms with Crippen molar-refractivity contribution in [3.8, 4) is 0 Å². The van der Waals surface area contributed by atoms with Gasteiger partial charge in [-0.2, -0.15) is 26.3 Å². The quantitative estimate of drug-likeness (QED) is 0.641. The summed E-state index contributed by atoms with van der Waals surface area (Å²) in [5.41, 5.74) is -4.53. The predicted octanol–water partition coefficient (Wildman–Crippen LogP) is 4.00. The summed E-state index contributed by atoms with van der Waals surface area (Å²) >= 11 is 0. The number of aryl methyl sites for hydroxylation is 1. The standard InChI is InChI=1S/C14H16F6N2O/c1-8(2)11(23)22-12(13(15,16)17,14(18,19)20)21-10-6-4-5-9(3)7-10/h4-8,21H,1-3H3,(H,22,23). The molecule has 0 heterocycles. The molecule has 0 aromatic heterocycles. The third kappa shape index (κ3) is 4.08. The number of carbonyl (C=O) groups excluding carboxylic acids is 1. The highest BCUT2D eigenvalue weighted by atomic mass is 19.4. The zero-order chi connectivity index (χ0) is 18.1. The lowest BCUT2D eigenvalue weighted by molar-refractivity contribution is -0.296. The van der Waals surface area contributed by atoms with Gasteiger partial charge < -0.3 is 10.6 Å². The van der Waals surface area contributed by atoms with E-state index in [1.54, 1.807) is 0 Å². The first-order valence-corrected chi connectivity index (χ1v) is 6.60. The average molecular weight is 342 g/mol. The predicted molar refractivity (Wildman–Crippen MR) is 72.6 cm³/mol. The van der Waals surface area contributed by atoms with Gasteiger partial charge in [-0.25, -0.2) is 0 Å². The molecule has 0 atom stereocenters. The van der Waals surface area contributed by atoms with Crippen molar-refractivity contribution in [2.75, 3.05) is 5.32 Å². The van der Waals surface area contributed by atoms with E-state index >= 15 is 0 Å². The van der Waals surface area contributed by atoms with Crippen LogP contribution < -0.4 is 10.6 Å². The van der Waals surface area contributed by atoms with Crippen LogP contribution in [0.1, 0.15) is 19.4 Å². The Kier molecular flexibility index (Phi) is 5.23. The van der Waals surface area contributed by atoms with Gasteiger partial charge in [0.25, 0.3) is 0 Å². The van der Waals surface area contributed by atoms with Crippen LogP contribution in [0.4, 0.5) is 32.0 Å². The van der Waals surface area contributed by atoms with Gasteiger partial charge in [0.15, 0.2) is 0 Å². The first-order chi connectivity index (χ1) is 10.3. The Labute approximate surface area is 129 Å². The number of hydrogen-bond donors (Lipinski definition) is 2. The van der Waals surface area contributed by atoms with E-state index in [9.17, 15) is 31.1 Å². The van der Waals surface area contributed by atoms with E-state index in [1.807, 2.05) is 0 Å². The number of alkyl halides is 6. The molecule has 0 fully saturated rings. The number of halogens is 6. The molecule has 1 aromatic carbocycles. The molecule has 0 unspecified atom stereocenters. The average Bonchev–Trinajstić information content (AvgIpc) is 2.34. The SMILES string of the molecule is Cc1cccc(NC(NC(=O)C(C)C)(C(F)(F)F)C(F)(F)F)c1. The van der Waals surface area contributed by atoms with Gasteiger partial charge in [-0.15, -0.1) is 0 Å². The van der Waals surface area contributed by atoms with Gasteiger partial charge in [0.05, 0.1) is 0 Å². The topological polar surface area (TPSA) is 41.1 Å². The lowest BCUT2D eigenvalue weighted by atomic mass is 10.1. The minimum absolute atomic E-state index is 0.413. The molecule has 0 aliphatic heterocycles. The van der Waals surface area contributed by atoms with Gasteiger partial charge in [-0.3, -0.25) is 4.79 Å². The normalized spacial score (nSPS) is 13.1. The van der Waals surface area contributed by atoms with E-state index in [0.29, 0.717) is 5.56 Å². The fourth-order valence-electron chi connectivity index (χ4n) is 1.74. The summed E-state index contributed by atoms with van der Waals surface area (Å²) in [4.78, 5) is 11.6. The molecule has 0 spiro atoms. The largest absolute Gasteiger partial charge is 0.439 e. The molecule has 0 saturated heterocycles.